The molecular weight excluding hydrogens is 230 g/mol. The second-order valence-corrected chi connectivity index (χ2v) is 4.32. The van der Waals surface area contributed by atoms with Crippen molar-refractivity contribution in [1.29, 1.82) is 0 Å². The zero-order chi connectivity index (χ0) is 13.4. The highest BCUT2D eigenvalue weighted by molar-refractivity contribution is 6.00. The summed E-state index contributed by atoms with van der Waals surface area (Å²) in [6.07, 6.45) is 2.66. The fraction of sp³-hybridized carbons (Fsp3) is 0.500. The molecule has 0 aliphatic rings. The SMILES string of the molecule is CC(=NO)c1cc(C)ccc1OCCCCCO. The molecule has 1 rings (SSSR count). The molecule has 0 atom stereocenters. The number of aryl methyl sites for hydroxylation is 1. The van der Waals surface area contributed by atoms with Crippen molar-refractivity contribution in [3.05, 3.63) is 29.3 Å². The second-order valence-electron chi connectivity index (χ2n) is 4.32. The zero-order valence-corrected chi connectivity index (χ0v) is 11.0. The fourth-order valence-electron chi connectivity index (χ4n) is 1.68. The number of unbranched alkanes of at least 4 members (excludes halogenated alkanes) is 2. The van der Waals surface area contributed by atoms with Gasteiger partial charge in [-0.15, -0.1) is 0 Å². The maximum Gasteiger partial charge on any atom is 0.128 e. The standard InChI is InChI=1S/C14H21NO3/c1-11-6-7-14(13(10-11)12(2)15-17)18-9-5-3-4-8-16/h6-7,10,16-17H,3-5,8-9H2,1-2H3. The molecule has 100 valence electrons. The van der Waals surface area contributed by atoms with E-state index in [-0.39, 0.29) is 6.61 Å². The Morgan fingerprint density at radius 1 is 1.28 bits per heavy atom. The van der Waals surface area contributed by atoms with Crippen LogP contribution in [0.3, 0.4) is 0 Å². The predicted octanol–water partition coefficient (Wildman–Crippen LogP) is 2.73. The number of oxime groups is 1. The van der Waals surface area contributed by atoms with E-state index in [2.05, 4.69) is 5.16 Å². The smallest absolute Gasteiger partial charge is 0.128 e. The van der Waals surface area contributed by atoms with Gasteiger partial charge in [-0.05, 0) is 45.2 Å². The van der Waals surface area contributed by atoms with Crippen LogP contribution in [-0.4, -0.2) is 29.2 Å². The Kier molecular flexibility index (Phi) is 6.22. The number of benzene rings is 1. The van der Waals surface area contributed by atoms with Gasteiger partial charge >= 0.3 is 0 Å². The van der Waals surface area contributed by atoms with Gasteiger partial charge in [-0.25, -0.2) is 0 Å². The minimum absolute atomic E-state index is 0.228. The van der Waals surface area contributed by atoms with Gasteiger partial charge in [-0.2, -0.15) is 0 Å². The van der Waals surface area contributed by atoms with Gasteiger partial charge in [-0.1, -0.05) is 16.8 Å². The van der Waals surface area contributed by atoms with Gasteiger partial charge in [0.2, 0.25) is 0 Å². The van der Waals surface area contributed by atoms with Crippen molar-refractivity contribution >= 4 is 5.71 Å². The maximum atomic E-state index is 8.85. The fourth-order valence-corrected chi connectivity index (χ4v) is 1.68. The molecule has 0 fully saturated rings. The van der Waals surface area contributed by atoms with E-state index in [0.717, 1.165) is 36.1 Å². The lowest BCUT2D eigenvalue weighted by Crippen LogP contribution is -2.04. The van der Waals surface area contributed by atoms with Crippen molar-refractivity contribution in [1.82, 2.24) is 0 Å². The molecule has 0 aliphatic heterocycles. The first-order valence-electron chi connectivity index (χ1n) is 6.22. The molecule has 0 spiro atoms. The van der Waals surface area contributed by atoms with Crippen LogP contribution in [0.15, 0.2) is 23.4 Å². The first kappa shape index (κ1) is 14.5. The predicted molar refractivity (Wildman–Crippen MR) is 71.6 cm³/mol. The molecule has 0 radical (unpaired) electrons. The Labute approximate surface area is 108 Å². The van der Waals surface area contributed by atoms with Gasteiger partial charge in [0.05, 0.1) is 12.3 Å². The molecule has 0 heterocycles. The van der Waals surface area contributed by atoms with Gasteiger partial charge in [0, 0.05) is 12.2 Å². The highest BCUT2D eigenvalue weighted by Gasteiger charge is 2.07. The molecule has 0 bridgehead atoms. The first-order valence-corrected chi connectivity index (χ1v) is 6.22. The number of rotatable bonds is 7. The normalized spacial score (nSPS) is 11.6. The van der Waals surface area contributed by atoms with Crippen LogP contribution >= 0.6 is 0 Å². The van der Waals surface area contributed by atoms with Crippen LogP contribution in [0.1, 0.15) is 37.3 Å². The molecule has 0 amide bonds. The van der Waals surface area contributed by atoms with Crippen molar-refractivity contribution in [2.45, 2.75) is 33.1 Å². The lowest BCUT2D eigenvalue weighted by atomic mass is 10.1. The second kappa shape index (κ2) is 7.71. The van der Waals surface area contributed by atoms with Crippen LogP contribution < -0.4 is 4.74 Å². The molecule has 0 unspecified atom stereocenters. The van der Waals surface area contributed by atoms with Crippen LogP contribution in [0.5, 0.6) is 5.75 Å². The highest BCUT2D eigenvalue weighted by Crippen LogP contribution is 2.21. The molecule has 0 aromatic heterocycles. The van der Waals surface area contributed by atoms with E-state index in [1.165, 1.54) is 0 Å². The minimum Gasteiger partial charge on any atom is -0.493 e. The number of hydrogen-bond donors (Lipinski definition) is 2. The highest BCUT2D eigenvalue weighted by atomic mass is 16.5. The third kappa shape index (κ3) is 4.37. The average molecular weight is 251 g/mol. The van der Waals surface area contributed by atoms with Crippen molar-refractivity contribution in [3.63, 3.8) is 0 Å². The molecular formula is C14H21NO3. The van der Waals surface area contributed by atoms with Crippen LogP contribution in [-0.2, 0) is 0 Å². The summed E-state index contributed by atoms with van der Waals surface area (Å²) in [7, 11) is 0. The Balaban J connectivity index is 2.64. The summed E-state index contributed by atoms with van der Waals surface area (Å²) >= 11 is 0. The number of aliphatic hydroxyl groups excluding tert-OH is 1. The van der Waals surface area contributed by atoms with E-state index in [1.54, 1.807) is 6.92 Å². The van der Waals surface area contributed by atoms with Crippen molar-refractivity contribution < 1.29 is 15.1 Å². The minimum atomic E-state index is 0.228. The largest absolute Gasteiger partial charge is 0.493 e. The third-order valence-corrected chi connectivity index (χ3v) is 2.73. The van der Waals surface area contributed by atoms with Gasteiger partial charge < -0.3 is 15.1 Å². The summed E-state index contributed by atoms with van der Waals surface area (Å²) < 4.78 is 5.69. The first-order chi connectivity index (χ1) is 8.69. The molecule has 4 heteroatoms. The summed E-state index contributed by atoms with van der Waals surface area (Å²) in [5.74, 6) is 0.736. The monoisotopic (exact) mass is 251 g/mol. The molecule has 0 saturated heterocycles. The van der Waals surface area contributed by atoms with Crippen molar-refractivity contribution in [2.75, 3.05) is 13.2 Å². The zero-order valence-electron chi connectivity index (χ0n) is 11.0. The van der Waals surface area contributed by atoms with Gasteiger partial charge in [0.15, 0.2) is 0 Å². The lowest BCUT2D eigenvalue weighted by Gasteiger charge is -2.11. The molecule has 0 aliphatic carbocycles. The molecule has 0 saturated carbocycles. The van der Waals surface area contributed by atoms with Gasteiger partial charge in [0.25, 0.3) is 0 Å². The number of aliphatic hydroxyl groups is 1. The summed E-state index contributed by atoms with van der Waals surface area (Å²) in [4.78, 5) is 0. The number of nitrogens with zero attached hydrogens (tertiary/aromatic N) is 1. The third-order valence-electron chi connectivity index (χ3n) is 2.73. The van der Waals surface area contributed by atoms with Crippen LogP contribution in [0.25, 0.3) is 0 Å². The summed E-state index contributed by atoms with van der Waals surface area (Å²) in [6, 6.07) is 5.81. The van der Waals surface area contributed by atoms with E-state index >= 15 is 0 Å². The van der Waals surface area contributed by atoms with Crippen LogP contribution in [0.2, 0.25) is 0 Å². The molecule has 1 aromatic carbocycles. The molecule has 1 aromatic rings. The van der Waals surface area contributed by atoms with E-state index in [1.807, 2.05) is 25.1 Å². The Bertz CT molecular complexity index is 402. The topological polar surface area (TPSA) is 62.1 Å². The quantitative estimate of drug-likeness (QED) is 0.339. The average Bonchev–Trinajstić information content (AvgIpc) is 2.39. The number of hydrogen-bond acceptors (Lipinski definition) is 4. The van der Waals surface area contributed by atoms with Crippen LogP contribution in [0.4, 0.5) is 0 Å². The van der Waals surface area contributed by atoms with E-state index in [9.17, 15) is 0 Å². The van der Waals surface area contributed by atoms with E-state index in [4.69, 9.17) is 15.1 Å². The Morgan fingerprint density at radius 3 is 2.72 bits per heavy atom. The van der Waals surface area contributed by atoms with Gasteiger partial charge in [-0.3, -0.25) is 0 Å². The van der Waals surface area contributed by atoms with E-state index < -0.39 is 0 Å². The number of ether oxygens (including phenoxy) is 1. The molecule has 18 heavy (non-hydrogen) atoms. The van der Waals surface area contributed by atoms with Gasteiger partial charge in [0.1, 0.15) is 5.75 Å². The van der Waals surface area contributed by atoms with E-state index in [0.29, 0.717) is 12.3 Å². The maximum absolute atomic E-state index is 8.85. The lowest BCUT2D eigenvalue weighted by molar-refractivity contribution is 0.266. The molecule has 4 nitrogen and oxygen atoms in total. The summed E-state index contributed by atoms with van der Waals surface area (Å²) in [5.41, 5.74) is 2.46. The Morgan fingerprint density at radius 2 is 2.06 bits per heavy atom. The van der Waals surface area contributed by atoms with Crippen molar-refractivity contribution in [3.8, 4) is 5.75 Å². The van der Waals surface area contributed by atoms with Crippen LogP contribution in [0, 0.1) is 6.92 Å². The summed E-state index contributed by atoms with van der Waals surface area (Å²) in [5, 5.41) is 20.7. The summed E-state index contributed by atoms with van der Waals surface area (Å²) in [6.45, 7) is 4.56. The van der Waals surface area contributed by atoms with Crippen molar-refractivity contribution in [2.24, 2.45) is 5.16 Å². The Hall–Kier alpha value is -1.55. The molecule has 2 N–H and O–H groups in total.